The Kier molecular flexibility index (Phi) is 2.98. The Balaban J connectivity index is 1.91. The van der Waals surface area contributed by atoms with E-state index in [1.165, 1.54) is 17.7 Å². The number of anilines is 1. The molecule has 0 aromatic carbocycles. The molecule has 1 aliphatic heterocycles. The maximum Gasteiger partial charge on any atom is 0.293 e. The summed E-state index contributed by atoms with van der Waals surface area (Å²) in [7, 11) is 0. The maximum atomic E-state index is 11.9. The number of nitrogens with zero attached hydrogens (tertiary/aromatic N) is 3. The van der Waals surface area contributed by atoms with Crippen molar-refractivity contribution < 1.29 is 4.79 Å². The SMILES string of the molecule is N#Cc1c(NC(=O)c2ncn[nH]2)sc2c1CCNC2. The highest BCUT2D eigenvalue weighted by atomic mass is 32.1. The number of nitriles is 1. The van der Waals surface area contributed by atoms with Crippen molar-refractivity contribution in [3.63, 3.8) is 0 Å². The van der Waals surface area contributed by atoms with E-state index in [1.54, 1.807) is 0 Å². The number of fused-ring (bicyclic) bond motifs is 1. The molecule has 7 nitrogen and oxygen atoms in total. The van der Waals surface area contributed by atoms with E-state index in [4.69, 9.17) is 0 Å². The highest BCUT2D eigenvalue weighted by molar-refractivity contribution is 7.16. The Morgan fingerprint density at radius 1 is 1.58 bits per heavy atom. The summed E-state index contributed by atoms with van der Waals surface area (Å²) in [5, 5.41) is 21.9. The number of thiophene rings is 1. The number of hydrogen-bond donors (Lipinski definition) is 3. The predicted octanol–water partition coefficient (Wildman–Crippen LogP) is 0.636. The van der Waals surface area contributed by atoms with Gasteiger partial charge in [0.2, 0.25) is 5.82 Å². The number of nitrogens with one attached hydrogen (secondary N) is 3. The predicted molar refractivity (Wildman–Crippen MR) is 68.8 cm³/mol. The number of carbonyl (C=O) groups is 1. The lowest BCUT2D eigenvalue weighted by atomic mass is 10.1. The Hall–Kier alpha value is -2.24. The highest BCUT2D eigenvalue weighted by Crippen LogP contribution is 2.34. The van der Waals surface area contributed by atoms with Crippen molar-refractivity contribution in [2.45, 2.75) is 13.0 Å². The van der Waals surface area contributed by atoms with Crippen LogP contribution in [0.4, 0.5) is 5.00 Å². The van der Waals surface area contributed by atoms with E-state index >= 15 is 0 Å². The fourth-order valence-corrected chi connectivity index (χ4v) is 3.18. The fourth-order valence-electron chi connectivity index (χ4n) is 2.02. The van der Waals surface area contributed by atoms with Gasteiger partial charge >= 0.3 is 0 Å². The average molecular weight is 274 g/mol. The van der Waals surface area contributed by atoms with Crippen LogP contribution in [-0.4, -0.2) is 27.6 Å². The molecule has 2 aromatic rings. The van der Waals surface area contributed by atoms with E-state index in [1.807, 2.05) is 0 Å². The van der Waals surface area contributed by atoms with E-state index in [0.29, 0.717) is 10.6 Å². The van der Waals surface area contributed by atoms with Crippen LogP contribution in [0.15, 0.2) is 6.33 Å². The van der Waals surface area contributed by atoms with Crippen LogP contribution in [0.25, 0.3) is 0 Å². The zero-order valence-electron chi connectivity index (χ0n) is 9.86. The lowest BCUT2D eigenvalue weighted by molar-refractivity contribution is 0.101. The summed E-state index contributed by atoms with van der Waals surface area (Å²) in [5.41, 5.74) is 1.61. The Labute approximate surface area is 112 Å². The molecule has 0 unspecified atom stereocenters. The van der Waals surface area contributed by atoms with Crippen LogP contribution in [0.3, 0.4) is 0 Å². The van der Waals surface area contributed by atoms with Crippen LogP contribution >= 0.6 is 11.3 Å². The van der Waals surface area contributed by atoms with Gasteiger partial charge in [0.1, 0.15) is 17.4 Å². The van der Waals surface area contributed by atoms with Crippen molar-refractivity contribution in [3.8, 4) is 6.07 Å². The van der Waals surface area contributed by atoms with Gasteiger partial charge in [-0.25, -0.2) is 4.98 Å². The van der Waals surface area contributed by atoms with E-state index in [0.717, 1.165) is 30.0 Å². The second kappa shape index (κ2) is 4.79. The van der Waals surface area contributed by atoms with Gasteiger partial charge < -0.3 is 10.6 Å². The number of aromatic amines is 1. The molecular formula is C11H10N6OS. The second-order valence-electron chi connectivity index (χ2n) is 4.03. The highest BCUT2D eigenvalue weighted by Gasteiger charge is 2.22. The third-order valence-corrected chi connectivity index (χ3v) is 4.04. The summed E-state index contributed by atoms with van der Waals surface area (Å²) in [6.45, 7) is 1.60. The van der Waals surface area contributed by atoms with Crippen molar-refractivity contribution in [1.82, 2.24) is 20.5 Å². The molecule has 96 valence electrons. The van der Waals surface area contributed by atoms with E-state index in [2.05, 4.69) is 31.9 Å². The van der Waals surface area contributed by atoms with Gasteiger partial charge in [-0.2, -0.15) is 10.4 Å². The van der Waals surface area contributed by atoms with Crippen molar-refractivity contribution in [1.29, 1.82) is 5.26 Å². The van der Waals surface area contributed by atoms with Gasteiger partial charge in [-0.05, 0) is 18.5 Å². The molecule has 0 saturated heterocycles. The van der Waals surface area contributed by atoms with Gasteiger partial charge in [-0.3, -0.25) is 9.89 Å². The largest absolute Gasteiger partial charge is 0.312 e. The van der Waals surface area contributed by atoms with Gasteiger partial charge in [-0.1, -0.05) is 0 Å². The lowest BCUT2D eigenvalue weighted by Crippen LogP contribution is -2.22. The van der Waals surface area contributed by atoms with Crippen LogP contribution < -0.4 is 10.6 Å². The topological polar surface area (TPSA) is 106 Å². The van der Waals surface area contributed by atoms with Crippen LogP contribution in [0, 0.1) is 11.3 Å². The van der Waals surface area contributed by atoms with Crippen LogP contribution in [0.5, 0.6) is 0 Å². The Bertz CT molecular complexity index is 654. The normalized spacial score (nSPS) is 13.6. The smallest absolute Gasteiger partial charge is 0.293 e. The maximum absolute atomic E-state index is 11.9. The minimum absolute atomic E-state index is 0.133. The molecular weight excluding hydrogens is 264 g/mol. The van der Waals surface area contributed by atoms with Gasteiger partial charge in [0.25, 0.3) is 5.91 Å². The van der Waals surface area contributed by atoms with Gasteiger partial charge in [-0.15, -0.1) is 11.3 Å². The Morgan fingerprint density at radius 2 is 2.47 bits per heavy atom. The molecule has 19 heavy (non-hydrogen) atoms. The molecule has 8 heteroatoms. The first kappa shape index (κ1) is 11.8. The molecule has 0 fully saturated rings. The fraction of sp³-hybridized carbons (Fsp3) is 0.273. The quantitative estimate of drug-likeness (QED) is 0.745. The van der Waals surface area contributed by atoms with Crippen LogP contribution in [-0.2, 0) is 13.0 Å². The molecule has 1 aliphatic rings. The number of H-pyrrole nitrogens is 1. The standard InChI is InChI=1S/C11H10N6OS/c12-3-7-6-1-2-13-4-8(6)19-11(7)16-10(18)9-14-5-15-17-9/h5,13H,1-2,4H2,(H,16,18)(H,14,15,17). The van der Waals surface area contributed by atoms with Gasteiger partial charge in [0.05, 0.1) is 5.56 Å². The first-order valence-electron chi connectivity index (χ1n) is 5.71. The minimum atomic E-state index is -0.388. The summed E-state index contributed by atoms with van der Waals surface area (Å²) >= 11 is 1.43. The van der Waals surface area contributed by atoms with Crippen molar-refractivity contribution in [2.24, 2.45) is 0 Å². The number of rotatable bonds is 2. The molecule has 0 bridgehead atoms. The average Bonchev–Trinajstić information content (AvgIpc) is 3.05. The molecule has 2 aromatic heterocycles. The van der Waals surface area contributed by atoms with Gasteiger partial charge in [0.15, 0.2) is 0 Å². The van der Waals surface area contributed by atoms with Crippen LogP contribution in [0.2, 0.25) is 0 Å². The van der Waals surface area contributed by atoms with Gasteiger partial charge in [0, 0.05) is 11.4 Å². The third-order valence-electron chi connectivity index (χ3n) is 2.90. The van der Waals surface area contributed by atoms with Crippen molar-refractivity contribution in [3.05, 3.63) is 28.2 Å². The summed E-state index contributed by atoms with van der Waals surface area (Å²) in [6, 6.07) is 2.18. The monoisotopic (exact) mass is 274 g/mol. The zero-order chi connectivity index (χ0) is 13.2. The van der Waals surface area contributed by atoms with E-state index in [-0.39, 0.29) is 11.7 Å². The van der Waals surface area contributed by atoms with Crippen LogP contribution in [0.1, 0.15) is 26.6 Å². The molecule has 3 N–H and O–H groups in total. The summed E-state index contributed by atoms with van der Waals surface area (Å²) in [4.78, 5) is 16.8. The van der Waals surface area contributed by atoms with Crippen molar-refractivity contribution >= 4 is 22.2 Å². The molecule has 1 amide bonds. The second-order valence-corrected chi connectivity index (χ2v) is 5.14. The first-order chi connectivity index (χ1) is 9.29. The Morgan fingerprint density at radius 3 is 3.21 bits per heavy atom. The van der Waals surface area contributed by atoms with E-state index in [9.17, 15) is 10.1 Å². The number of hydrogen-bond acceptors (Lipinski definition) is 6. The molecule has 0 radical (unpaired) electrons. The third kappa shape index (κ3) is 2.09. The molecule has 0 aliphatic carbocycles. The van der Waals surface area contributed by atoms with E-state index < -0.39 is 0 Å². The molecule has 0 spiro atoms. The molecule has 0 atom stereocenters. The molecule has 3 rings (SSSR count). The summed E-state index contributed by atoms with van der Waals surface area (Å²) < 4.78 is 0. The first-order valence-corrected chi connectivity index (χ1v) is 6.53. The number of aromatic nitrogens is 3. The lowest BCUT2D eigenvalue weighted by Gasteiger charge is -2.11. The minimum Gasteiger partial charge on any atom is -0.312 e. The molecule has 0 saturated carbocycles. The number of carbonyl (C=O) groups excluding carboxylic acids is 1. The number of amides is 1. The zero-order valence-corrected chi connectivity index (χ0v) is 10.7. The molecule has 3 heterocycles. The summed E-state index contributed by atoms with van der Waals surface area (Å²) in [5.74, 6) is -0.256. The summed E-state index contributed by atoms with van der Waals surface area (Å²) in [6.07, 6.45) is 2.08. The van der Waals surface area contributed by atoms with Crippen molar-refractivity contribution in [2.75, 3.05) is 11.9 Å².